The summed E-state index contributed by atoms with van der Waals surface area (Å²) in [5, 5.41) is 9.26. The van der Waals surface area contributed by atoms with Crippen LogP contribution < -0.4 is 5.43 Å². The molecule has 3 nitrogen and oxygen atoms in total. The molecule has 0 radical (unpaired) electrons. The van der Waals surface area contributed by atoms with Crippen molar-refractivity contribution >= 4 is 34.0 Å². The number of aryl methyl sites for hydroxylation is 4. The van der Waals surface area contributed by atoms with Crippen LogP contribution in [0.1, 0.15) is 27.1 Å². The Balaban J connectivity index is 1.79. The standard InChI is InChI=1S/C18H19N3S2/c1-11-7-13(3)17(14(4)8-11)15-10-23-18(20-15)21-19-9-16-12(2)5-6-22-16/h5-10H,1-4H3,(H,20,21)/b19-9-. The van der Waals surface area contributed by atoms with Gasteiger partial charge >= 0.3 is 0 Å². The fourth-order valence-corrected chi connectivity index (χ4v) is 4.12. The predicted octanol–water partition coefficient (Wildman–Crippen LogP) is 5.55. The van der Waals surface area contributed by atoms with Gasteiger partial charge in [0.1, 0.15) is 0 Å². The lowest BCUT2D eigenvalue weighted by Gasteiger charge is -2.08. The molecular formula is C18H19N3S2. The molecule has 0 saturated heterocycles. The van der Waals surface area contributed by atoms with Gasteiger partial charge < -0.3 is 0 Å². The van der Waals surface area contributed by atoms with Gasteiger partial charge in [-0.25, -0.2) is 4.98 Å². The Bertz CT molecular complexity index is 836. The molecule has 0 aliphatic carbocycles. The summed E-state index contributed by atoms with van der Waals surface area (Å²) >= 11 is 3.26. The minimum atomic E-state index is 0.810. The molecule has 1 N–H and O–H groups in total. The zero-order valence-corrected chi connectivity index (χ0v) is 15.3. The van der Waals surface area contributed by atoms with E-state index in [2.05, 4.69) is 72.2 Å². The van der Waals surface area contributed by atoms with Crippen LogP contribution in [0.15, 0.2) is 34.1 Å². The molecule has 0 aliphatic rings. The third-order valence-corrected chi connectivity index (χ3v) is 5.38. The second kappa shape index (κ2) is 6.64. The van der Waals surface area contributed by atoms with Crippen molar-refractivity contribution in [2.75, 3.05) is 5.43 Å². The highest BCUT2D eigenvalue weighted by molar-refractivity contribution is 7.14. The third-order valence-electron chi connectivity index (χ3n) is 3.68. The quantitative estimate of drug-likeness (QED) is 0.499. The summed E-state index contributed by atoms with van der Waals surface area (Å²) in [7, 11) is 0. The average molecular weight is 342 g/mol. The van der Waals surface area contributed by atoms with Gasteiger partial charge in [0, 0.05) is 15.8 Å². The number of hydrazone groups is 1. The maximum Gasteiger partial charge on any atom is 0.203 e. The van der Waals surface area contributed by atoms with Crippen LogP contribution in [-0.2, 0) is 0 Å². The molecule has 0 bridgehead atoms. The second-order valence-corrected chi connectivity index (χ2v) is 7.46. The second-order valence-electron chi connectivity index (χ2n) is 5.65. The van der Waals surface area contributed by atoms with Crippen LogP contribution in [0.25, 0.3) is 11.3 Å². The lowest BCUT2D eigenvalue weighted by atomic mass is 9.98. The normalized spacial score (nSPS) is 11.3. The van der Waals surface area contributed by atoms with E-state index in [0.29, 0.717) is 0 Å². The first kappa shape index (κ1) is 15.9. The van der Waals surface area contributed by atoms with E-state index in [1.165, 1.54) is 32.7 Å². The highest BCUT2D eigenvalue weighted by Gasteiger charge is 2.10. The van der Waals surface area contributed by atoms with Crippen molar-refractivity contribution in [3.63, 3.8) is 0 Å². The topological polar surface area (TPSA) is 37.3 Å². The number of aromatic nitrogens is 1. The Morgan fingerprint density at radius 1 is 1.04 bits per heavy atom. The SMILES string of the molecule is Cc1cc(C)c(-c2csc(N/N=C\c3sccc3C)n2)c(C)c1. The number of anilines is 1. The lowest BCUT2D eigenvalue weighted by Crippen LogP contribution is -1.92. The van der Waals surface area contributed by atoms with E-state index < -0.39 is 0 Å². The monoisotopic (exact) mass is 341 g/mol. The molecular weight excluding hydrogens is 322 g/mol. The van der Waals surface area contributed by atoms with Crippen LogP contribution in [0.2, 0.25) is 0 Å². The van der Waals surface area contributed by atoms with E-state index in [9.17, 15) is 0 Å². The average Bonchev–Trinajstić information content (AvgIpc) is 3.08. The highest BCUT2D eigenvalue weighted by Crippen LogP contribution is 2.31. The summed E-state index contributed by atoms with van der Waals surface area (Å²) in [5.41, 5.74) is 10.3. The van der Waals surface area contributed by atoms with Crippen molar-refractivity contribution < 1.29 is 0 Å². The van der Waals surface area contributed by atoms with Crippen LogP contribution in [0.4, 0.5) is 5.13 Å². The molecule has 0 amide bonds. The van der Waals surface area contributed by atoms with E-state index in [1.807, 2.05) is 6.21 Å². The number of hydrogen-bond donors (Lipinski definition) is 1. The minimum Gasteiger partial charge on any atom is -0.253 e. The number of nitrogens with one attached hydrogen (secondary N) is 1. The molecule has 3 aromatic rings. The molecule has 0 spiro atoms. The van der Waals surface area contributed by atoms with Gasteiger partial charge in [-0.1, -0.05) is 17.7 Å². The molecule has 5 heteroatoms. The summed E-state index contributed by atoms with van der Waals surface area (Å²) in [4.78, 5) is 5.84. The van der Waals surface area contributed by atoms with Crippen LogP contribution in [0.5, 0.6) is 0 Å². The predicted molar refractivity (Wildman–Crippen MR) is 102 cm³/mol. The van der Waals surface area contributed by atoms with Gasteiger partial charge in [0.15, 0.2) is 0 Å². The first-order chi connectivity index (χ1) is 11.0. The van der Waals surface area contributed by atoms with Gasteiger partial charge in [-0.3, -0.25) is 5.43 Å². The number of hydrogen-bond acceptors (Lipinski definition) is 5. The summed E-state index contributed by atoms with van der Waals surface area (Å²) in [6.45, 7) is 8.49. The Labute approximate surface area is 144 Å². The number of benzene rings is 1. The largest absolute Gasteiger partial charge is 0.253 e. The Morgan fingerprint density at radius 3 is 2.43 bits per heavy atom. The van der Waals surface area contributed by atoms with Crippen LogP contribution >= 0.6 is 22.7 Å². The summed E-state index contributed by atoms with van der Waals surface area (Å²) in [6.07, 6.45) is 1.85. The zero-order valence-electron chi connectivity index (χ0n) is 13.7. The number of nitrogens with zero attached hydrogens (tertiary/aromatic N) is 2. The zero-order chi connectivity index (χ0) is 16.4. The molecule has 0 aliphatic heterocycles. The summed E-state index contributed by atoms with van der Waals surface area (Å²) < 4.78 is 0. The maximum atomic E-state index is 4.67. The summed E-state index contributed by atoms with van der Waals surface area (Å²) in [6, 6.07) is 6.50. The Morgan fingerprint density at radius 2 is 1.78 bits per heavy atom. The molecule has 2 aromatic heterocycles. The molecule has 0 atom stereocenters. The van der Waals surface area contributed by atoms with E-state index in [0.717, 1.165) is 10.8 Å². The van der Waals surface area contributed by atoms with Gasteiger partial charge in [-0.15, -0.1) is 22.7 Å². The van der Waals surface area contributed by atoms with Gasteiger partial charge in [0.2, 0.25) is 5.13 Å². The fourth-order valence-electron chi connectivity index (χ4n) is 2.69. The number of rotatable bonds is 4. The smallest absolute Gasteiger partial charge is 0.203 e. The molecule has 118 valence electrons. The van der Waals surface area contributed by atoms with Crippen LogP contribution in [0, 0.1) is 27.7 Å². The van der Waals surface area contributed by atoms with Gasteiger partial charge in [-0.05, 0) is 55.8 Å². The molecule has 0 unspecified atom stereocenters. The van der Waals surface area contributed by atoms with Crippen molar-refractivity contribution in [2.24, 2.45) is 5.10 Å². The third kappa shape index (κ3) is 3.51. The van der Waals surface area contributed by atoms with E-state index in [4.69, 9.17) is 0 Å². The molecule has 3 rings (SSSR count). The number of thiophene rings is 1. The molecule has 0 saturated carbocycles. The fraction of sp³-hybridized carbons (Fsp3) is 0.222. The lowest BCUT2D eigenvalue weighted by molar-refractivity contribution is 1.26. The van der Waals surface area contributed by atoms with Gasteiger partial charge in [0.05, 0.1) is 11.9 Å². The van der Waals surface area contributed by atoms with Crippen LogP contribution in [-0.4, -0.2) is 11.2 Å². The van der Waals surface area contributed by atoms with E-state index in [-0.39, 0.29) is 0 Å². The van der Waals surface area contributed by atoms with Crippen molar-refractivity contribution in [1.82, 2.24) is 4.98 Å². The number of thiazole rings is 1. The van der Waals surface area contributed by atoms with Gasteiger partial charge in [0.25, 0.3) is 0 Å². The van der Waals surface area contributed by atoms with Crippen molar-refractivity contribution in [3.05, 3.63) is 56.1 Å². The Hall–Kier alpha value is -1.98. The summed E-state index contributed by atoms with van der Waals surface area (Å²) in [5.74, 6) is 0. The van der Waals surface area contributed by atoms with Crippen molar-refractivity contribution in [1.29, 1.82) is 0 Å². The van der Waals surface area contributed by atoms with Crippen molar-refractivity contribution in [3.8, 4) is 11.3 Å². The molecule has 23 heavy (non-hydrogen) atoms. The first-order valence-electron chi connectivity index (χ1n) is 7.41. The van der Waals surface area contributed by atoms with Crippen molar-refractivity contribution in [2.45, 2.75) is 27.7 Å². The molecule has 1 aromatic carbocycles. The first-order valence-corrected chi connectivity index (χ1v) is 9.17. The highest BCUT2D eigenvalue weighted by atomic mass is 32.1. The minimum absolute atomic E-state index is 0.810. The Kier molecular flexibility index (Phi) is 4.59. The maximum absolute atomic E-state index is 4.67. The molecule has 2 heterocycles. The van der Waals surface area contributed by atoms with Crippen LogP contribution in [0.3, 0.4) is 0 Å². The van der Waals surface area contributed by atoms with E-state index in [1.54, 1.807) is 22.7 Å². The molecule has 0 fully saturated rings. The van der Waals surface area contributed by atoms with Gasteiger partial charge in [-0.2, -0.15) is 5.10 Å². The van der Waals surface area contributed by atoms with E-state index >= 15 is 0 Å².